The van der Waals surface area contributed by atoms with Gasteiger partial charge in [-0.3, -0.25) is 24.4 Å². The molecule has 4 aromatic rings. The number of furan rings is 1. The first kappa shape index (κ1) is 25.7. The van der Waals surface area contributed by atoms with Gasteiger partial charge in [0.05, 0.1) is 16.9 Å². The molecule has 0 aliphatic carbocycles. The molecule has 0 aromatic carbocycles. The van der Waals surface area contributed by atoms with Crippen molar-refractivity contribution in [3.63, 3.8) is 0 Å². The number of alkyl halides is 5. The van der Waals surface area contributed by atoms with Gasteiger partial charge in [-0.15, -0.1) is 11.3 Å². The number of hydrogen-bond donors (Lipinski definition) is 2. The van der Waals surface area contributed by atoms with E-state index < -0.39 is 53.0 Å². The Morgan fingerprint density at radius 2 is 2.05 bits per heavy atom. The third-order valence-corrected chi connectivity index (χ3v) is 6.21. The molecule has 3 N–H and O–H groups in total. The van der Waals surface area contributed by atoms with E-state index in [2.05, 4.69) is 15.4 Å². The Morgan fingerprint density at radius 3 is 2.57 bits per heavy atom. The first-order valence-electron chi connectivity index (χ1n) is 9.97. The number of aromatic nitrogens is 3. The molecule has 0 fully saturated rings. The Kier molecular flexibility index (Phi) is 6.41. The lowest BCUT2D eigenvalue weighted by Gasteiger charge is -2.11. The second kappa shape index (κ2) is 9.23. The van der Waals surface area contributed by atoms with E-state index in [0.29, 0.717) is 22.1 Å². The second-order valence-electron chi connectivity index (χ2n) is 7.46. The predicted octanol–water partition coefficient (Wildman–Crippen LogP) is 4.66. The first-order valence-corrected chi connectivity index (χ1v) is 10.8. The van der Waals surface area contributed by atoms with Crippen LogP contribution in [0.2, 0.25) is 0 Å². The Labute approximate surface area is 205 Å². The lowest BCUT2D eigenvalue weighted by Crippen LogP contribution is -2.22. The van der Waals surface area contributed by atoms with Gasteiger partial charge in [0, 0.05) is 10.9 Å². The van der Waals surface area contributed by atoms with Crippen molar-refractivity contribution < 1.29 is 40.9 Å². The Hall–Kier alpha value is -4.41. The van der Waals surface area contributed by atoms with Crippen molar-refractivity contribution in [2.45, 2.75) is 26.1 Å². The predicted molar refractivity (Wildman–Crippen MR) is 118 cm³/mol. The van der Waals surface area contributed by atoms with Crippen LogP contribution in [0.1, 0.15) is 33.2 Å². The molecule has 0 bridgehead atoms. The molecule has 0 saturated heterocycles. The van der Waals surface area contributed by atoms with Crippen molar-refractivity contribution in [1.29, 1.82) is 0 Å². The van der Waals surface area contributed by atoms with Gasteiger partial charge in [-0.25, -0.2) is 13.8 Å². The number of nitrogens with zero attached hydrogens (tertiary/aromatic N) is 4. The fourth-order valence-corrected chi connectivity index (χ4v) is 4.57. The van der Waals surface area contributed by atoms with E-state index in [4.69, 9.17) is 10.2 Å². The van der Waals surface area contributed by atoms with Crippen LogP contribution in [0.5, 0.6) is 0 Å². The first-order chi connectivity index (χ1) is 17.3. The zero-order valence-corrected chi connectivity index (χ0v) is 19.1. The lowest BCUT2D eigenvalue weighted by molar-refractivity contribution is -0.386. The minimum atomic E-state index is -4.86. The number of hydrogen-bond acceptors (Lipinski definition) is 8. The van der Waals surface area contributed by atoms with E-state index in [-0.39, 0.29) is 37.8 Å². The molecule has 37 heavy (non-hydrogen) atoms. The summed E-state index contributed by atoms with van der Waals surface area (Å²) in [7, 11) is 0. The van der Waals surface area contributed by atoms with Crippen LogP contribution in [0.3, 0.4) is 0 Å². The molecule has 17 heteroatoms. The summed E-state index contributed by atoms with van der Waals surface area (Å²) in [6.07, 6.45) is -6.96. The largest absolute Gasteiger partial charge is 0.464 e. The summed E-state index contributed by atoms with van der Waals surface area (Å²) in [5.41, 5.74) is 1.19. The van der Waals surface area contributed by atoms with Crippen molar-refractivity contribution in [2.75, 3.05) is 5.32 Å². The third kappa shape index (κ3) is 4.72. The average Bonchev–Trinajstić information content (AvgIpc) is 3.51. The smallest absolute Gasteiger partial charge is 0.433 e. The molecule has 4 heterocycles. The minimum Gasteiger partial charge on any atom is -0.464 e. The van der Waals surface area contributed by atoms with Gasteiger partial charge in [-0.1, -0.05) is 0 Å². The normalized spacial score (nSPS) is 11.9. The van der Waals surface area contributed by atoms with Crippen LogP contribution < -0.4 is 11.1 Å². The Balaban J connectivity index is 1.82. The van der Waals surface area contributed by atoms with Crippen LogP contribution in [0.15, 0.2) is 28.9 Å². The average molecular weight is 544 g/mol. The summed E-state index contributed by atoms with van der Waals surface area (Å²) >= 11 is 0.487. The molecular formula is C20H13F5N6O5S. The zero-order chi connectivity index (χ0) is 27.2. The van der Waals surface area contributed by atoms with Gasteiger partial charge in [0.15, 0.2) is 0 Å². The number of amides is 2. The van der Waals surface area contributed by atoms with Crippen molar-refractivity contribution in [3.8, 4) is 11.3 Å². The van der Waals surface area contributed by atoms with Crippen LogP contribution in [0.4, 0.5) is 33.3 Å². The maximum Gasteiger partial charge on any atom is 0.433 e. The van der Waals surface area contributed by atoms with Gasteiger partial charge in [0.25, 0.3) is 12.3 Å². The van der Waals surface area contributed by atoms with E-state index in [0.717, 1.165) is 6.92 Å². The van der Waals surface area contributed by atoms with Gasteiger partial charge in [0.2, 0.25) is 11.6 Å². The highest BCUT2D eigenvalue weighted by Crippen LogP contribution is 2.43. The number of primary amides is 1. The number of nitrogens with one attached hydrogen (secondary N) is 1. The van der Waals surface area contributed by atoms with Gasteiger partial charge < -0.3 is 15.5 Å². The fraction of sp³-hybridized carbons (Fsp3) is 0.200. The van der Waals surface area contributed by atoms with Gasteiger partial charge in [-0.2, -0.15) is 18.3 Å². The molecule has 0 radical (unpaired) electrons. The minimum absolute atomic E-state index is 0.0395. The topological polar surface area (TPSA) is 159 Å². The van der Waals surface area contributed by atoms with E-state index in [9.17, 15) is 41.7 Å². The summed E-state index contributed by atoms with van der Waals surface area (Å²) in [6.45, 7) is 0.301. The number of halogens is 5. The molecule has 0 spiro atoms. The monoisotopic (exact) mass is 544 g/mol. The molecule has 0 unspecified atom stereocenters. The van der Waals surface area contributed by atoms with Gasteiger partial charge in [0.1, 0.15) is 33.4 Å². The van der Waals surface area contributed by atoms with Crippen molar-refractivity contribution in [1.82, 2.24) is 14.8 Å². The molecule has 2 amide bonds. The Morgan fingerprint density at radius 1 is 1.35 bits per heavy atom. The van der Waals surface area contributed by atoms with E-state index in [1.165, 1.54) is 18.4 Å². The molecule has 0 aliphatic heterocycles. The number of nitrogens with two attached hydrogens (primary N) is 1. The van der Waals surface area contributed by atoms with Crippen molar-refractivity contribution in [3.05, 3.63) is 56.5 Å². The molecule has 0 atom stereocenters. The highest BCUT2D eigenvalue weighted by atomic mass is 32.1. The highest BCUT2D eigenvalue weighted by Gasteiger charge is 2.36. The number of rotatable bonds is 7. The number of carbonyl (C=O) groups excluding carboxylic acids is 2. The molecule has 0 aliphatic rings. The second-order valence-corrected chi connectivity index (χ2v) is 8.46. The molecule has 4 aromatic heterocycles. The van der Waals surface area contributed by atoms with E-state index >= 15 is 0 Å². The van der Waals surface area contributed by atoms with Crippen LogP contribution in [-0.2, 0) is 17.5 Å². The SMILES string of the molecule is Cc1c([N+](=O)[O-])c(C(F)F)nn1CC(=O)Nc1c(C(N)=O)sc2nc(C(F)(F)F)cc(-c3ccco3)c12. The number of carbonyl (C=O) groups is 2. The quantitative estimate of drug-likeness (QED) is 0.194. The molecule has 194 valence electrons. The van der Waals surface area contributed by atoms with Crippen LogP contribution in [0.25, 0.3) is 21.5 Å². The van der Waals surface area contributed by atoms with Crippen LogP contribution in [0, 0.1) is 17.0 Å². The lowest BCUT2D eigenvalue weighted by atomic mass is 10.1. The number of nitro groups is 1. The number of thiophene rings is 1. The summed E-state index contributed by atoms with van der Waals surface area (Å²) in [5, 5.41) is 16.9. The Bertz CT molecular complexity index is 1540. The summed E-state index contributed by atoms with van der Waals surface area (Å²) < 4.78 is 72.8. The summed E-state index contributed by atoms with van der Waals surface area (Å²) in [5.74, 6) is -2.13. The number of anilines is 1. The summed E-state index contributed by atoms with van der Waals surface area (Å²) in [4.78, 5) is 38.0. The number of pyridine rings is 1. The molecule has 4 rings (SSSR count). The van der Waals surface area contributed by atoms with Crippen LogP contribution in [-0.4, -0.2) is 31.5 Å². The maximum atomic E-state index is 13.5. The summed E-state index contributed by atoms with van der Waals surface area (Å²) in [6, 6.07) is 3.42. The van der Waals surface area contributed by atoms with Crippen molar-refractivity contribution in [2.24, 2.45) is 5.73 Å². The standard InChI is InChI=1S/C20H13F5N6O5S/c1-7-15(31(34)35)14(17(21)22)29-30(7)6-11(32)28-13-12-8(9-3-2-4-36-9)5-10(20(23,24)25)27-19(12)37-16(13)18(26)33/h2-5,17H,6H2,1H3,(H2,26,33)(H,28,32). The number of fused-ring (bicyclic) bond motifs is 1. The molecule has 0 saturated carbocycles. The fourth-order valence-electron chi connectivity index (χ4n) is 3.56. The van der Waals surface area contributed by atoms with Gasteiger partial charge >= 0.3 is 11.9 Å². The van der Waals surface area contributed by atoms with E-state index in [1.54, 1.807) is 0 Å². The van der Waals surface area contributed by atoms with Crippen LogP contribution >= 0.6 is 11.3 Å². The highest BCUT2D eigenvalue weighted by molar-refractivity contribution is 7.21. The van der Waals surface area contributed by atoms with Crippen molar-refractivity contribution >= 4 is 44.7 Å². The third-order valence-electron chi connectivity index (χ3n) is 5.11. The van der Waals surface area contributed by atoms with Gasteiger partial charge in [-0.05, 0) is 25.1 Å². The molecule has 11 nitrogen and oxygen atoms in total. The van der Waals surface area contributed by atoms with E-state index in [1.807, 2.05) is 0 Å². The zero-order valence-electron chi connectivity index (χ0n) is 18.3. The maximum absolute atomic E-state index is 13.5. The molecular weight excluding hydrogens is 531 g/mol.